The molecule has 0 unspecified atom stereocenters. The van der Waals surface area contributed by atoms with Crippen molar-refractivity contribution in [3.8, 4) is 46.0 Å². The van der Waals surface area contributed by atoms with Crippen molar-refractivity contribution in [3.63, 3.8) is 0 Å². The number of ether oxygens (including phenoxy) is 5. The lowest BCUT2D eigenvalue weighted by Crippen LogP contribution is -1.95. The van der Waals surface area contributed by atoms with Crippen LogP contribution in [0, 0.1) is 0 Å². The summed E-state index contributed by atoms with van der Waals surface area (Å²) >= 11 is 0. The Labute approximate surface area is 183 Å². The van der Waals surface area contributed by atoms with Crippen molar-refractivity contribution in [1.29, 1.82) is 0 Å². The van der Waals surface area contributed by atoms with E-state index in [1.165, 1.54) is 0 Å². The van der Waals surface area contributed by atoms with Crippen LogP contribution in [0.15, 0.2) is 54.7 Å². The highest BCUT2D eigenvalue weighted by molar-refractivity contribution is 5.65. The van der Waals surface area contributed by atoms with Gasteiger partial charge in [-0.15, -0.1) is 5.10 Å². The Morgan fingerprint density at radius 1 is 0.938 bits per heavy atom. The van der Waals surface area contributed by atoms with Gasteiger partial charge in [0.15, 0.2) is 17.3 Å². The van der Waals surface area contributed by atoms with Crippen molar-refractivity contribution < 1.29 is 23.7 Å². The number of methoxy groups -OCH3 is 2. The van der Waals surface area contributed by atoms with Gasteiger partial charge in [-0.3, -0.25) is 5.10 Å². The van der Waals surface area contributed by atoms with Crippen LogP contribution in [-0.2, 0) is 0 Å². The molecule has 2 aromatic carbocycles. The Morgan fingerprint density at radius 2 is 1.72 bits per heavy atom. The maximum Gasteiger partial charge on any atom is 0.246 e. The summed E-state index contributed by atoms with van der Waals surface area (Å²) in [4.78, 5) is 8.87. The Kier molecular flexibility index (Phi) is 5.08. The predicted octanol–water partition coefficient (Wildman–Crippen LogP) is 4.15. The number of hydrogen-bond donors (Lipinski definition) is 2. The van der Waals surface area contributed by atoms with E-state index in [-0.39, 0.29) is 6.79 Å². The molecule has 0 bridgehead atoms. The lowest BCUT2D eigenvalue weighted by Gasteiger charge is -2.11. The minimum absolute atomic E-state index is 0.215. The number of pyridine rings is 1. The van der Waals surface area contributed by atoms with Crippen LogP contribution in [-0.4, -0.2) is 41.2 Å². The molecule has 0 spiro atoms. The molecule has 5 rings (SSSR count). The van der Waals surface area contributed by atoms with Crippen molar-refractivity contribution in [3.05, 3.63) is 54.7 Å². The fourth-order valence-corrected chi connectivity index (χ4v) is 3.15. The molecular formula is C22H19N5O5. The molecule has 2 N–H and O–H groups in total. The van der Waals surface area contributed by atoms with E-state index < -0.39 is 0 Å². The monoisotopic (exact) mass is 433 g/mol. The van der Waals surface area contributed by atoms with Crippen LogP contribution in [0.3, 0.4) is 0 Å². The molecule has 1 aliphatic rings. The fourth-order valence-electron chi connectivity index (χ4n) is 3.15. The number of aromatic nitrogens is 4. The van der Waals surface area contributed by atoms with E-state index >= 15 is 0 Å². The van der Waals surface area contributed by atoms with Gasteiger partial charge in [-0.25, -0.2) is 4.98 Å². The number of anilines is 2. The summed E-state index contributed by atoms with van der Waals surface area (Å²) in [6, 6.07) is 14.4. The molecule has 0 saturated carbocycles. The first-order chi connectivity index (χ1) is 15.7. The number of benzene rings is 2. The number of hydrogen-bond acceptors (Lipinski definition) is 9. The smallest absolute Gasteiger partial charge is 0.246 e. The molecule has 0 amide bonds. The van der Waals surface area contributed by atoms with E-state index in [2.05, 4.69) is 25.5 Å². The highest BCUT2D eigenvalue weighted by atomic mass is 16.7. The molecule has 10 nitrogen and oxygen atoms in total. The average molecular weight is 433 g/mol. The number of aromatic amines is 1. The summed E-state index contributed by atoms with van der Waals surface area (Å²) in [5, 5.41) is 10.3. The van der Waals surface area contributed by atoms with Crippen LogP contribution in [0.2, 0.25) is 0 Å². The van der Waals surface area contributed by atoms with Gasteiger partial charge in [0.25, 0.3) is 0 Å². The van der Waals surface area contributed by atoms with Crippen LogP contribution in [0.1, 0.15) is 0 Å². The highest BCUT2D eigenvalue weighted by Gasteiger charge is 2.16. The minimum atomic E-state index is 0.215. The summed E-state index contributed by atoms with van der Waals surface area (Å²) in [6.45, 7) is 0.215. The number of H-pyrrole nitrogens is 1. The quantitative estimate of drug-likeness (QED) is 0.444. The largest absolute Gasteiger partial charge is 0.496 e. The lowest BCUT2D eigenvalue weighted by atomic mass is 10.2. The zero-order valence-electron chi connectivity index (χ0n) is 17.3. The molecule has 162 valence electrons. The third kappa shape index (κ3) is 3.93. The second kappa shape index (κ2) is 8.34. The molecular weight excluding hydrogens is 414 g/mol. The molecule has 0 radical (unpaired) electrons. The van der Waals surface area contributed by atoms with E-state index in [0.717, 1.165) is 5.69 Å². The van der Waals surface area contributed by atoms with Crippen LogP contribution in [0.25, 0.3) is 11.4 Å². The molecule has 4 aromatic rings. The van der Waals surface area contributed by atoms with Gasteiger partial charge in [0, 0.05) is 36.1 Å². The van der Waals surface area contributed by atoms with Crippen molar-refractivity contribution in [2.75, 3.05) is 26.3 Å². The van der Waals surface area contributed by atoms with Crippen molar-refractivity contribution >= 4 is 11.6 Å². The molecule has 2 aromatic heterocycles. The second-order valence-corrected chi connectivity index (χ2v) is 6.71. The summed E-state index contributed by atoms with van der Waals surface area (Å²) in [5.41, 5.74) is 1.41. The second-order valence-electron chi connectivity index (χ2n) is 6.71. The van der Waals surface area contributed by atoms with E-state index in [0.29, 0.717) is 52.0 Å². The van der Waals surface area contributed by atoms with Crippen LogP contribution in [0.4, 0.5) is 11.6 Å². The number of nitrogens with one attached hydrogen (secondary N) is 2. The van der Waals surface area contributed by atoms with Crippen LogP contribution < -0.4 is 29.0 Å². The van der Waals surface area contributed by atoms with E-state index in [1.807, 2.05) is 24.3 Å². The molecule has 1 aliphatic heterocycles. The van der Waals surface area contributed by atoms with Crippen molar-refractivity contribution in [2.45, 2.75) is 0 Å². The minimum Gasteiger partial charge on any atom is -0.496 e. The number of nitrogens with zero attached hydrogens (tertiary/aromatic N) is 3. The normalized spacial score (nSPS) is 11.8. The van der Waals surface area contributed by atoms with Gasteiger partial charge in [0.2, 0.25) is 18.6 Å². The van der Waals surface area contributed by atoms with Crippen LogP contribution in [0.5, 0.6) is 34.6 Å². The lowest BCUT2D eigenvalue weighted by molar-refractivity contribution is 0.174. The summed E-state index contributed by atoms with van der Waals surface area (Å²) < 4.78 is 27.4. The van der Waals surface area contributed by atoms with Crippen LogP contribution >= 0.6 is 0 Å². The maximum atomic E-state index is 6.02. The van der Waals surface area contributed by atoms with E-state index in [9.17, 15) is 0 Å². The molecule has 0 aliphatic carbocycles. The van der Waals surface area contributed by atoms with Gasteiger partial charge in [-0.05, 0) is 24.3 Å². The summed E-state index contributed by atoms with van der Waals surface area (Å²) in [7, 11) is 3.15. The molecule has 0 atom stereocenters. The molecule has 3 heterocycles. The standard InChI is InChI=1S/C22H19N5O5/c1-28-14-9-15(29-2)11-16(10-14)32-21-17(4-3-7-23-21)20-25-22(27-26-20)24-13-5-6-18-19(8-13)31-12-30-18/h3-11H,12H2,1-2H3,(H2,24,25,26,27). The first-order valence-electron chi connectivity index (χ1n) is 9.67. The third-order valence-electron chi connectivity index (χ3n) is 4.68. The summed E-state index contributed by atoms with van der Waals surface area (Å²) in [6.07, 6.45) is 1.64. The van der Waals surface area contributed by atoms with Gasteiger partial charge in [-0.2, -0.15) is 4.98 Å². The fraction of sp³-hybridized carbons (Fsp3) is 0.136. The number of rotatable bonds is 7. The topological polar surface area (TPSA) is 113 Å². The molecule has 0 fully saturated rings. The third-order valence-corrected chi connectivity index (χ3v) is 4.68. The Morgan fingerprint density at radius 3 is 2.53 bits per heavy atom. The number of fused-ring (bicyclic) bond motifs is 1. The zero-order chi connectivity index (χ0) is 21.9. The van der Waals surface area contributed by atoms with Crippen molar-refractivity contribution in [1.82, 2.24) is 20.2 Å². The van der Waals surface area contributed by atoms with Crippen molar-refractivity contribution in [2.24, 2.45) is 0 Å². The van der Waals surface area contributed by atoms with Gasteiger partial charge in [0.05, 0.1) is 19.8 Å². The Balaban J connectivity index is 1.39. The Hall–Kier alpha value is -4.47. The van der Waals surface area contributed by atoms with Gasteiger partial charge in [0.1, 0.15) is 17.2 Å². The van der Waals surface area contributed by atoms with E-state index in [1.54, 1.807) is 44.7 Å². The molecule has 10 heteroatoms. The predicted molar refractivity (Wildman–Crippen MR) is 115 cm³/mol. The molecule has 0 saturated heterocycles. The molecule has 32 heavy (non-hydrogen) atoms. The van der Waals surface area contributed by atoms with Gasteiger partial charge >= 0.3 is 0 Å². The Bertz CT molecular complexity index is 1240. The van der Waals surface area contributed by atoms with Gasteiger partial charge in [-0.1, -0.05) is 0 Å². The SMILES string of the molecule is COc1cc(OC)cc(Oc2ncccc2-c2nc(Nc3ccc4c(c3)OCO4)n[nH]2)c1. The van der Waals surface area contributed by atoms with E-state index in [4.69, 9.17) is 23.7 Å². The highest BCUT2D eigenvalue weighted by Crippen LogP contribution is 2.36. The first-order valence-corrected chi connectivity index (χ1v) is 9.67. The maximum absolute atomic E-state index is 6.02. The zero-order valence-corrected chi connectivity index (χ0v) is 17.3. The van der Waals surface area contributed by atoms with Gasteiger partial charge < -0.3 is 29.0 Å². The average Bonchev–Trinajstić information content (AvgIpc) is 3.48. The summed E-state index contributed by atoms with van der Waals surface area (Å²) in [5.74, 6) is 4.33. The first kappa shape index (κ1) is 19.5.